The molecule has 0 radical (unpaired) electrons. The summed E-state index contributed by atoms with van der Waals surface area (Å²) < 4.78 is 0. The zero-order valence-electron chi connectivity index (χ0n) is 11.6. The van der Waals surface area contributed by atoms with E-state index in [1.807, 2.05) is 12.2 Å². The minimum absolute atomic E-state index is 0.931. The minimum Gasteiger partial charge on any atom is -0.103 e. The molecule has 0 saturated heterocycles. The Labute approximate surface area is 107 Å². The van der Waals surface area contributed by atoms with Gasteiger partial charge in [0.25, 0.3) is 0 Å². The molecule has 0 saturated carbocycles. The fourth-order valence-corrected chi connectivity index (χ4v) is 1.77. The topological polar surface area (TPSA) is 0 Å². The lowest BCUT2D eigenvalue weighted by molar-refractivity contribution is 0.943. The van der Waals surface area contributed by atoms with Gasteiger partial charge in [0.2, 0.25) is 0 Å². The third-order valence-corrected chi connectivity index (χ3v) is 2.71. The molecule has 94 valence electrons. The summed E-state index contributed by atoms with van der Waals surface area (Å²) in [6.07, 6.45) is 14.8. The molecular formula is C17H26. The molecule has 0 heteroatoms. The highest BCUT2D eigenvalue weighted by molar-refractivity contribution is 5.43. The normalized spacial score (nSPS) is 13.7. The van der Waals surface area contributed by atoms with Crippen LogP contribution in [0.3, 0.4) is 0 Å². The largest absolute Gasteiger partial charge is 0.103 e. The lowest BCUT2D eigenvalue weighted by Gasteiger charge is -2.11. The molecule has 0 aliphatic carbocycles. The molecule has 17 heavy (non-hydrogen) atoms. The first kappa shape index (κ1) is 15.7. The van der Waals surface area contributed by atoms with Crippen molar-refractivity contribution in [2.75, 3.05) is 0 Å². The van der Waals surface area contributed by atoms with E-state index in [0.717, 1.165) is 19.3 Å². The van der Waals surface area contributed by atoms with Gasteiger partial charge in [-0.3, -0.25) is 0 Å². The summed E-state index contributed by atoms with van der Waals surface area (Å²) in [5, 5.41) is 0. The molecule has 0 fully saturated rings. The van der Waals surface area contributed by atoms with E-state index in [-0.39, 0.29) is 0 Å². The van der Waals surface area contributed by atoms with Crippen LogP contribution in [-0.2, 0) is 0 Å². The molecule has 0 N–H and O–H groups in total. The fraction of sp³-hybridized carbons (Fsp3) is 0.412. The van der Waals surface area contributed by atoms with Crippen molar-refractivity contribution in [1.82, 2.24) is 0 Å². The van der Waals surface area contributed by atoms with Gasteiger partial charge in [-0.05, 0) is 44.3 Å². The molecule has 0 bridgehead atoms. The smallest absolute Gasteiger partial charge is 0.00948 e. The number of hydrogen-bond donors (Lipinski definition) is 0. The predicted octanol–water partition coefficient (Wildman–Crippen LogP) is 5.76. The van der Waals surface area contributed by atoms with Crippen LogP contribution in [0.2, 0.25) is 0 Å². The lowest BCUT2D eigenvalue weighted by atomic mass is 9.95. The summed E-state index contributed by atoms with van der Waals surface area (Å²) in [5.74, 6) is 0. The molecule has 0 nitrogen and oxygen atoms in total. The Balaban J connectivity index is 5.15. The molecule has 0 spiro atoms. The highest BCUT2D eigenvalue weighted by Gasteiger charge is 2.03. The maximum Gasteiger partial charge on any atom is -0.00948 e. The van der Waals surface area contributed by atoms with E-state index in [9.17, 15) is 0 Å². The Morgan fingerprint density at radius 3 is 2.35 bits per heavy atom. The van der Waals surface area contributed by atoms with Gasteiger partial charge in [-0.15, -0.1) is 6.58 Å². The molecule has 0 aromatic rings. The quantitative estimate of drug-likeness (QED) is 0.367. The van der Waals surface area contributed by atoms with Crippen molar-refractivity contribution in [1.29, 1.82) is 0 Å². The summed E-state index contributed by atoms with van der Waals surface area (Å²) in [7, 11) is 0. The average molecular weight is 230 g/mol. The van der Waals surface area contributed by atoms with Gasteiger partial charge >= 0.3 is 0 Å². The molecule has 0 amide bonds. The lowest BCUT2D eigenvalue weighted by Crippen LogP contribution is -1.91. The van der Waals surface area contributed by atoms with Crippen molar-refractivity contribution in [2.24, 2.45) is 0 Å². The maximum absolute atomic E-state index is 3.94. The van der Waals surface area contributed by atoms with Crippen LogP contribution in [0.4, 0.5) is 0 Å². The maximum atomic E-state index is 3.94. The van der Waals surface area contributed by atoms with Crippen molar-refractivity contribution < 1.29 is 0 Å². The molecule has 0 aliphatic heterocycles. The van der Waals surface area contributed by atoms with Gasteiger partial charge in [0.05, 0.1) is 0 Å². The van der Waals surface area contributed by atoms with Gasteiger partial charge in [0.1, 0.15) is 0 Å². The predicted molar refractivity (Wildman–Crippen MR) is 80.1 cm³/mol. The molecular weight excluding hydrogens is 204 g/mol. The van der Waals surface area contributed by atoms with E-state index in [1.54, 1.807) is 0 Å². The van der Waals surface area contributed by atoms with Gasteiger partial charge in [-0.2, -0.15) is 0 Å². The van der Waals surface area contributed by atoms with Crippen LogP contribution < -0.4 is 0 Å². The second kappa shape index (κ2) is 9.89. The molecule has 0 rings (SSSR count). The monoisotopic (exact) mass is 230 g/mol. The summed E-state index contributed by atoms with van der Waals surface area (Å²) >= 11 is 0. The van der Waals surface area contributed by atoms with Gasteiger partial charge in [0, 0.05) is 0 Å². The second-order valence-corrected chi connectivity index (χ2v) is 4.18. The first-order chi connectivity index (χ1) is 8.21. The third-order valence-electron chi connectivity index (χ3n) is 2.71. The molecule has 0 heterocycles. The van der Waals surface area contributed by atoms with Gasteiger partial charge in [-0.1, -0.05) is 55.9 Å². The Hall–Kier alpha value is -1.30. The zero-order valence-corrected chi connectivity index (χ0v) is 11.6. The second-order valence-electron chi connectivity index (χ2n) is 4.18. The molecule has 0 unspecified atom stereocenters. The van der Waals surface area contributed by atoms with Crippen molar-refractivity contribution in [3.63, 3.8) is 0 Å². The standard InChI is InChI=1S/C17H26/c1-6-10-13-16(14-11-7-2)17(9-4)15(5)12-8-3/h6,8-10,14H,3-4,7,11-13H2,1-2,5H3/b10-6-,16-14+,17-15+. The first-order valence-electron chi connectivity index (χ1n) is 6.44. The average Bonchev–Trinajstić information content (AvgIpc) is 2.33. The van der Waals surface area contributed by atoms with Crippen molar-refractivity contribution in [3.05, 3.63) is 60.3 Å². The number of allylic oxidation sites excluding steroid dienone is 8. The van der Waals surface area contributed by atoms with Crippen molar-refractivity contribution >= 4 is 0 Å². The van der Waals surface area contributed by atoms with E-state index in [1.165, 1.54) is 23.1 Å². The van der Waals surface area contributed by atoms with E-state index in [2.05, 4.69) is 52.2 Å². The van der Waals surface area contributed by atoms with E-state index < -0.39 is 0 Å². The number of hydrogen-bond acceptors (Lipinski definition) is 0. The van der Waals surface area contributed by atoms with E-state index in [0.29, 0.717) is 0 Å². The van der Waals surface area contributed by atoms with E-state index >= 15 is 0 Å². The Morgan fingerprint density at radius 2 is 1.88 bits per heavy atom. The van der Waals surface area contributed by atoms with Crippen LogP contribution in [-0.4, -0.2) is 0 Å². The molecule has 0 aromatic carbocycles. The summed E-state index contributed by atoms with van der Waals surface area (Å²) in [6.45, 7) is 14.2. The summed E-state index contributed by atoms with van der Waals surface area (Å²) in [6, 6.07) is 0. The van der Waals surface area contributed by atoms with Gasteiger partial charge < -0.3 is 0 Å². The minimum atomic E-state index is 0.931. The SMILES string of the molecule is C=CC/C(C)=C(C=C)/C(=C/CCC)C/C=C\C. The highest BCUT2D eigenvalue weighted by atomic mass is 14.1. The van der Waals surface area contributed by atoms with Crippen molar-refractivity contribution in [2.45, 2.75) is 46.5 Å². The van der Waals surface area contributed by atoms with Gasteiger partial charge in [-0.25, -0.2) is 0 Å². The van der Waals surface area contributed by atoms with Crippen LogP contribution in [0.25, 0.3) is 0 Å². The van der Waals surface area contributed by atoms with Crippen LogP contribution in [0.15, 0.2) is 60.3 Å². The van der Waals surface area contributed by atoms with Crippen LogP contribution >= 0.6 is 0 Å². The Morgan fingerprint density at radius 1 is 1.18 bits per heavy atom. The molecule has 0 atom stereocenters. The van der Waals surface area contributed by atoms with Crippen LogP contribution in [0.1, 0.15) is 46.5 Å². The third kappa shape index (κ3) is 6.11. The van der Waals surface area contributed by atoms with E-state index in [4.69, 9.17) is 0 Å². The molecule has 0 aliphatic rings. The summed E-state index contributed by atoms with van der Waals surface area (Å²) in [5.41, 5.74) is 4.03. The zero-order chi connectivity index (χ0) is 13.1. The fourth-order valence-electron chi connectivity index (χ4n) is 1.77. The van der Waals surface area contributed by atoms with Crippen molar-refractivity contribution in [3.8, 4) is 0 Å². The molecule has 0 aromatic heterocycles. The van der Waals surface area contributed by atoms with Crippen LogP contribution in [0.5, 0.6) is 0 Å². The number of unbranched alkanes of at least 4 members (excludes halogenated alkanes) is 1. The Bertz CT molecular complexity index is 324. The Kier molecular flexibility index (Phi) is 9.14. The highest BCUT2D eigenvalue weighted by Crippen LogP contribution is 2.23. The summed E-state index contributed by atoms with van der Waals surface area (Å²) in [4.78, 5) is 0. The number of rotatable bonds is 8. The first-order valence-corrected chi connectivity index (χ1v) is 6.44. The van der Waals surface area contributed by atoms with Crippen LogP contribution in [0, 0.1) is 0 Å². The van der Waals surface area contributed by atoms with Gasteiger partial charge in [0.15, 0.2) is 0 Å².